The Bertz CT molecular complexity index is 3090. The molecular weight excluding hydrogens is 1190 g/mol. The summed E-state index contributed by atoms with van der Waals surface area (Å²) in [5.41, 5.74) is 12.0. The van der Waals surface area contributed by atoms with Gasteiger partial charge in [-0.25, -0.2) is 9.97 Å². The van der Waals surface area contributed by atoms with Gasteiger partial charge in [-0.15, -0.1) is 71.8 Å². The van der Waals surface area contributed by atoms with Crippen LogP contribution in [-0.4, -0.2) is 24.5 Å². The summed E-state index contributed by atoms with van der Waals surface area (Å²) in [4.78, 5) is 19.1. The molecule has 67 heavy (non-hydrogen) atoms. The van der Waals surface area contributed by atoms with Crippen LogP contribution in [0.25, 0.3) is 72.5 Å². The molecule has 9 heteroatoms. The summed E-state index contributed by atoms with van der Waals surface area (Å²) < 4.78 is 14.9. The first-order chi connectivity index (χ1) is 31.8. The normalized spacial score (nSPS) is 11.1. The predicted octanol–water partition coefficient (Wildman–Crippen LogP) is 14.2. The summed E-state index contributed by atoms with van der Waals surface area (Å²) in [6, 6.07) is 60.7. The van der Waals surface area contributed by atoms with E-state index in [-0.39, 0.29) is 42.1 Å². The molecular formula is C58H45N5O2Pt2. The molecule has 0 unspecified atom stereocenters. The van der Waals surface area contributed by atoms with Crippen molar-refractivity contribution in [3.8, 4) is 73.7 Å². The van der Waals surface area contributed by atoms with Gasteiger partial charge in [-0.1, -0.05) is 124 Å². The monoisotopic (exact) mass is 1230 g/mol. The fourth-order valence-electron chi connectivity index (χ4n) is 8.36. The van der Waals surface area contributed by atoms with Crippen molar-refractivity contribution < 1.29 is 51.6 Å². The van der Waals surface area contributed by atoms with Crippen molar-refractivity contribution in [2.45, 2.75) is 40.5 Å². The zero-order valence-electron chi connectivity index (χ0n) is 37.3. The van der Waals surface area contributed by atoms with Gasteiger partial charge in [0.05, 0.1) is 0 Å². The van der Waals surface area contributed by atoms with Crippen LogP contribution in [0.15, 0.2) is 164 Å². The van der Waals surface area contributed by atoms with Crippen molar-refractivity contribution in [3.63, 3.8) is 0 Å². The Labute approximate surface area is 420 Å². The Morgan fingerprint density at radius 1 is 0.463 bits per heavy atom. The van der Waals surface area contributed by atoms with Crippen LogP contribution in [0.1, 0.15) is 38.8 Å². The fraction of sp³-hybridized carbons (Fsp3) is 0.138. The molecule has 0 aliphatic rings. The number of hydrogen-bond donors (Lipinski definition) is 0. The second-order valence-electron chi connectivity index (χ2n) is 17.0. The number of ether oxygens (including phenoxy) is 2. The van der Waals surface area contributed by atoms with Crippen LogP contribution < -0.4 is 9.47 Å². The van der Waals surface area contributed by atoms with Crippen LogP contribution in [0.5, 0.6) is 23.0 Å². The second-order valence-corrected chi connectivity index (χ2v) is 17.0. The Hall–Kier alpha value is -6.52. The van der Waals surface area contributed by atoms with Crippen molar-refractivity contribution >= 4 is 21.8 Å². The molecule has 6 aromatic carbocycles. The van der Waals surface area contributed by atoms with Gasteiger partial charge in [-0.2, -0.15) is 22.9 Å². The topological polar surface area (TPSA) is 75.0 Å². The van der Waals surface area contributed by atoms with E-state index in [9.17, 15) is 0 Å². The van der Waals surface area contributed by atoms with E-state index in [4.69, 9.17) is 19.4 Å². The molecule has 0 aliphatic carbocycles. The summed E-state index contributed by atoms with van der Waals surface area (Å²) in [6.45, 7) is 8.96. The van der Waals surface area contributed by atoms with E-state index in [1.165, 1.54) is 11.1 Å². The van der Waals surface area contributed by atoms with Crippen LogP contribution >= 0.6 is 0 Å². The number of benzene rings is 6. The minimum Gasteiger partial charge on any atom is -0.503 e. The third-order valence-corrected chi connectivity index (χ3v) is 11.2. The van der Waals surface area contributed by atoms with Gasteiger partial charge in [0.15, 0.2) is 0 Å². The number of pyridine rings is 2. The zero-order valence-corrected chi connectivity index (χ0v) is 41.9. The van der Waals surface area contributed by atoms with Gasteiger partial charge in [0.25, 0.3) is 0 Å². The molecule has 0 saturated heterocycles. The fourth-order valence-corrected chi connectivity index (χ4v) is 8.36. The molecule has 4 heterocycles. The minimum absolute atomic E-state index is 0. The van der Waals surface area contributed by atoms with Crippen molar-refractivity contribution in [1.82, 2.24) is 24.5 Å². The number of fused-ring (bicyclic) bond motifs is 3. The third-order valence-electron chi connectivity index (χ3n) is 11.2. The summed E-state index contributed by atoms with van der Waals surface area (Å²) in [7, 11) is 0. The first kappa shape index (κ1) is 47.0. The zero-order chi connectivity index (χ0) is 44.3. The molecule has 10 rings (SSSR count). The maximum Gasteiger partial charge on any atom is 2.00 e. The molecule has 0 amide bonds. The van der Waals surface area contributed by atoms with Crippen molar-refractivity contribution in [3.05, 3.63) is 200 Å². The Kier molecular flexibility index (Phi) is 14.7. The van der Waals surface area contributed by atoms with Gasteiger partial charge in [0.2, 0.25) is 5.95 Å². The van der Waals surface area contributed by atoms with Crippen molar-refractivity contribution in [1.29, 1.82) is 0 Å². The van der Waals surface area contributed by atoms with E-state index in [1.54, 1.807) is 18.5 Å². The molecule has 0 bridgehead atoms. The molecule has 0 spiro atoms. The number of aromatic nitrogens is 5. The SMILES string of the molecule is CC(C)Cc1cc(-c2[c-]c(Oc3[c-]c4c(cc3)c3ccc(Oc5[c-]c(-c6cc(CC(C)C)c(-c7ccccc7)cn6)ccc5)[c-]c3n4-c3ncccn3)ccc2)ncc1-c1ccccc1.[Pt+2].[Pt+2]. The van der Waals surface area contributed by atoms with E-state index in [0.717, 1.165) is 79.4 Å². The smallest absolute Gasteiger partial charge is 0.503 e. The number of rotatable bonds is 13. The van der Waals surface area contributed by atoms with E-state index in [2.05, 4.69) is 123 Å². The van der Waals surface area contributed by atoms with Crippen molar-refractivity contribution in [2.75, 3.05) is 0 Å². The van der Waals surface area contributed by atoms with E-state index in [1.807, 2.05) is 89.8 Å². The predicted molar refractivity (Wildman–Crippen MR) is 259 cm³/mol. The van der Waals surface area contributed by atoms with Crippen LogP contribution in [0.2, 0.25) is 0 Å². The first-order valence-corrected chi connectivity index (χ1v) is 22.0. The Morgan fingerprint density at radius 2 is 0.896 bits per heavy atom. The van der Waals surface area contributed by atoms with Gasteiger partial charge < -0.3 is 24.0 Å². The molecule has 0 N–H and O–H groups in total. The third kappa shape index (κ3) is 10.4. The maximum atomic E-state index is 6.49. The summed E-state index contributed by atoms with van der Waals surface area (Å²) in [5, 5.41) is 1.88. The van der Waals surface area contributed by atoms with Gasteiger partial charge in [-0.3, -0.25) is 0 Å². The molecule has 10 aromatic rings. The molecule has 7 nitrogen and oxygen atoms in total. The Balaban J connectivity index is 0.00000304. The summed E-state index contributed by atoms with van der Waals surface area (Å²) in [6.07, 6.45) is 9.27. The van der Waals surface area contributed by atoms with Gasteiger partial charge >= 0.3 is 42.1 Å². The molecule has 0 atom stereocenters. The first-order valence-electron chi connectivity index (χ1n) is 22.0. The quantitative estimate of drug-likeness (QED) is 0.107. The van der Waals surface area contributed by atoms with E-state index in [0.29, 0.717) is 40.8 Å². The van der Waals surface area contributed by atoms with Crippen LogP contribution in [0.4, 0.5) is 0 Å². The minimum atomic E-state index is 0. The molecule has 0 saturated carbocycles. The van der Waals surface area contributed by atoms with E-state index < -0.39 is 0 Å². The molecule has 0 radical (unpaired) electrons. The second kappa shape index (κ2) is 21.0. The van der Waals surface area contributed by atoms with Crippen LogP contribution in [0, 0.1) is 36.1 Å². The van der Waals surface area contributed by atoms with Crippen LogP contribution in [0.3, 0.4) is 0 Å². The summed E-state index contributed by atoms with van der Waals surface area (Å²) in [5.74, 6) is 3.58. The van der Waals surface area contributed by atoms with Crippen molar-refractivity contribution in [2.24, 2.45) is 11.8 Å². The van der Waals surface area contributed by atoms with Crippen LogP contribution in [-0.2, 0) is 55.0 Å². The largest absolute Gasteiger partial charge is 2.00 e. The number of nitrogens with zero attached hydrogens (tertiary/aromatic N) is 5. The van der Waals surface area contributed by atoms with Gasteiger partial charge in [0, 0.05) is 58.9 Å². The van der Waals surface area contributed by atoms with Gasteiger partial charge in [0.1, 0.15) is 0 Å². The molecule has 0 fully saturated rings. The standard InChI is InChI=1S/C58H45N5O2.2Pt/c1-38(2)28-44-32-54(61-36-52(44)40-14-7-5-8-15-40)42-18-11-20-46(30-42)64-48-22-24-50-51-25-23-49(35-57(51)63(56(50)34-48)58-59-26-13-27-60-58)65-47-21-12-19-43(31-47)55-33-45(29-39(3)4)53(37-62-55)41-16-9-6-10-17-41;;/h5-27,32-33,36-39H,28-29H2,1-4H3;;/q-4;2*+2. The maximum absolute atomic E-state index is 6.49. The molecule has 334 valence electrons. The Morgan fingerprint density at radius 3 is 1.33 bits per heavy atom. The number of hydrogen-bond acceptors (Lipinski definition) is 6. The molecule has 0 aliphatic heterocycles. The van der Waals surface area contributed by atoms with Gasteiger partial charge in [-0.05, 0) is 64.4 Å². The molecule has 4 aromatic heterocycles. The average Bonchev–Trinajstić information content (AvgIpc) is 3.65. The van der Waals surface area contributed by atoms with E-state index >= 15 is 0 Å². The summed E-state index contributed by atoms with van der Waals surface area (Å²) >= 11 is 0. The average molecular weight is 1230 g/mol.